The molecule has 1 atom stereocenters. The maximum absolute atomic E-state index is 6.13. The molecule has 0 N–H and O–H groups in total. The smallest absolute Gasteiger partial charge is 0.192 e. The van der Waals surface area contributed by atoms with Crippen LogP contribution in [0, 0.1) is 0 Å². The Hall–Kier alpha value is 0.0969. The largest absolute Gasteiger partial charge is 0.420 e. The van der Waals surface area contributed by atoms with Crippen molar-refractivity contribution in [3.63, 3.8) is 0 Å². The summed E-state index contributed by atoms with van der Waals surface area (Å²) in [5, 5.41) is 0. The minimum atomic E-state index is -1.52. The molecule has 1 saturated heterocycles. The lowest BCUT2D eigenvalue weighted by Gasteiger charge is -2.30. The quantitative estimate of drug-likeness (QED) is 0.248. The summed E-state index contributed by atoms with van der Waals surface area (Å²) in [5.74, 6) is 0. The molecule has 0 aromatic heterocycles. The molecule has 4 heteroatoms. The predicted octanol–water partition coefficient (Wildman–Crippen LogP) is 4.76. The Kier molecular flexibility index (Phi) is 10.6. The molecule has 0 aromatic carbocycles. The van der Waals surface area contributed by atoms with Gasteiger partial charge in [0.15, 0.2) is 8.32 Å². The van der Waals surface area contributed by atoms with Crippen LogP contribution < -0.4 is 0 Å². The number of hydrogen-bond acceptors (Lipinski definition) is 3. The molecular weight excluding hydrogens is 280 g/mol. The van der Waals surface area contributed by atoms with Gasteiger partial charge in [-0.2, -0.15) is 0 Å². The number of hydrogen-bond donors (Lipinski definition) is 0. The van der Waals surface area contributed by atoms with Crippen molar-refractivity contribution < 1.29 is 13.9 Å². The molecule has 0 saturated carbocycles. The van der Waals surface area contributed by atoms with Crippen LogP contribution in [0.3, 0.4) is 0 Å². The highest BCUT2D eigenvalue weighted by Crippen LogP contribution is 2.29. The molecule has 0 amide bonds. The minimum absolute atomic E-state index is 0.392. The summed E-state index contributed by atoms with van der Waals surface area (Å²) in [4.78, 5) is 0. The molecule has 1 fully saturated rings. The summed E-state index contributed by atoms with van der Waals surface area (Å²) in [6, 6.07) is 3.95. The first-order chi connectivity index (χ1) is 10.3. The van der Waals surface area contributed by atoms with Crippen LogP contribution in [-0.4, -0.2) is 41.4 Å². The van der Waals surface area contributed by atoms with Crippen LogP contribution in [0.4, 0.5) is 0 Å². The summed E-state index contributed by atoms with van der Waals surface area (Å²) < 4.78 is 17.0. The third-order valence-electron chi connectivity index (χ3n) is 4.53. The van der Waals surface area contributed by atoms with E-state index in [1.165, 1.54) is 56.7 Å². The SMILES string of the molecule is CCCCC[Si](CCCCC)(CCCOCC1CO1)OC. The van der Waals surface area contributed by atoms with Crippen LogP contribution in [0.1, 0.15) is 58.8 Å². The molecule has 1 unspecified atom stereocenters. The maximum Gasteiger partial charge on any atom is 0.192 e. The van der Waals surface area contributed by atoms with Crippen molar-refractivity contribution in [1.29, 1.82) is 0 Å². The average molecular weight is 317 g/mol. The normalized spacial score (nSPS) is 18.1. The van der Waals surface area contributed by atoms with Crippen molar-refractivity contribution in [3.8, 4) is 0 Å². The van der Waals surface area contributed by atoms with Crippen molar-refractivity contribution >= 4 is 8.32 Å². The first-order valence-corrected chi connectivity index (χ1v) is 11.5. The Balaban J connectivity index is 2.27. The maximum atomic E-state index is 6.13. The molecule has 1 rings (SSSR count). The molecule has 126 valence electrons. The van der Waals surface area contributed by atoms with Crippen LogP contribution in [0.25, 0.3) is 0 Å². The van der Waals surface area contributed by atoms with E-state index in [1.54, 1.807) is 0 Å². The fourth-order valence-corrected chi connectivity index (χ4v) is 6.89. The van der Waals surface area contributed by atoms with Crippen LogP contribution >= 0.6 is 0 Å². The lowest BCUT2D eigenvalue weighted by atomic mass is 10.3. The monoisotopic (exact) mass is 316 g/mol. The van der Waals surface area contributed by atoms with Crippen LogP contribution in [-0.2, 0) is 13.9 Å². The summed E-state index contributed by atoms with van der Waals surface area (Å²) in [7, 11) is 0.445. The molecule has 21 heavy (non-hydrogen) atoms. The van der Waals surface area contributed by atoms with E-state index in [-0.39, 0.29) is 0 Å². The molecule has 1 aliphatic heterocycles. The average Bonchev–Trinajstić information content (AvgIpc) is 3.31. The second kappa shape index (κ2) is 11.6. The zero-order valence-electron chi connectivity index (χ0n) is 14.5. The van der Waals surface area contributed by atoms with Gasteiger partial charge >= 0.3 is 0 Å². The highest BCUT2D eigenvalue weighted by Gasteiger charge is 2.32. The Bertz CT molecular complexity index is 234. The van der Waals surface area contributed by atoms with Crippen LogP contribution in [0.2, 0.25) is 18.1 Å². The van der Waals surface area contributed by atoms with Crippen molar-refractivity contribution in [2.24, 2.45) is 0 Å². The van der Waals surface area contributed by atoms with E-state index in [2.05, 4.69) is 13.8 Å². The van der Waals surface area contributed by atoms with Crippen LogP contribution in [0.5, 0.6) is 0 Å². The van der Waals surface area contributed by atoms with Crippen molar-refractivity contribution in [3.05, 3.63) is 0 Å². The molecule has 3 nitrogen and oxygen atoms in total. The van der Waals surface area contributed by atoms with Gasteiger partial charge in [0.05, 0.1) is 13.2 Å². The number of unbranched alkanes of at least 4 members (excludes halogenated alkanes) is 4. The van der Waals surface area contributed by atoms with Crippen molar-refractivity contribution in [2.45, 2.75) is 83.0 Å². The zero-order valence-corrected chi connectivity index (χ0v) is 15.5. The van der Waals surface area contributed by atoms with Crippen molar-refractivity contribution in [2.75, 3.05) is 26.9 Å². The van der Waals surface area contributed by atoms with E-state index >= 15 is 0 Å². The predicted molar refractivity (Wildman–Crippen MR) is 91.4 cm³/mol. The van der Waals surface area contributed by atoms with Gasteiger partial charge in [-0.05, 0) is 24.6 Å². The van der Waals surface area contributed by atoms with E-state index < -0.39 is 8.32 Å². The van der Waals surface area contributed by atoms with Gasteiger partial charge in [-0.3, -0.25) is 0 Å². The third kappa shape index (κ3) is 8.96. The lowest BCUT2D eigenvalue weighted by Crippen LogP contribution is -2.37. The van der Waals surface area contributed by atoms with Gasteiger partial charge in [0.1, 0.15) is 6.10 Å². The third-order valence-corrected chi connectivity index (χ3v) is 9.19. The second-order valence-electron chi connectivity index (χ2n) is 6.44. The van der Waals surface area contributed by atoms with E-state index in [4.69, 9.17) is 13.9 Å². The van der Waals surface area contributed by atoms with Gasteiger partial charge in [-0.25, -0.2) is 0 Å². The van der Waals surface area contributed by atoms with E-state index in [0.29, 0.717) is 6.10 Å². The molecular formula is C17H36O3Si. The lowest BCUT2D eigenvalue weighted by molar-refractivity contribution is 0.116. The highest BCUT2D eigenvalue weighted by molar-refractivity contribution is 6.73. The molecule has 0 spiro atoms. The number of ether oxygens (including phenoxy) is 2. The number of rotatable bonds is 15. The Morgan fingerprint density at radius 3 is 2.00 bits per heavy atom. The van der Waals surface area contributed by atoms with Gasteiger partial charge in [0, 0.05) is 13.7 Å². The molecule has 1 aliphatic rings. The fraction of sp³-hybridized carbons (Fsp3) is 1.00. The summed E-state index contributed by atoms with van der Waals surface area (Å²) in [5.41, 5.74) is 0. The molecule has 0 radical (unpaired) electrons. The standard InChI is InChI=1S/C17H36O3Si/c1-4-6-8-12-21(18-3,13-9-7-5-2)14-10-11-19-15-17-16-20-17/h17H,4-16H2,1-3H3. The fourth-order valence-electron chi connectivity index (χ4n) is 2.95. The molecule has 0 aliphatic carbocycles. The van der Waals surface area contributed by atoms with E-state index in [1.807, 2.05) is 7.11 Å². The first kappa shape index (κ1) is 19.1. The zero-order chi connectivity index (χ0) is 15.4. The Labute approximate surface area is 132 Å². The van der Waals surface area contributed by atoms with E-state index in [9.17, 15) is 0 Å². The number of epoxide rings is 1. The molecule has 0 aromatic rings. The van der Waals surface area contributed by atoms with E-state index in [0.717, 1.165) is 26.2 Å². The first-order valence-electron chi connectivity index (χ1n) is 9.01. The van der Waals surface area contributed by atoms with Gasteiger partial charge in [0.25, 0.3) is 0 Å². The summed E-state index contributed by atoms with van der Waals surface area (Å²) in [6.07, 6.45) is 9.54. The molecule has 1 heterocycles. The second-order valence-corrected chi connectivity index (χ2v) is 10.7. The topological polar surface area (TPSA) is 31.0 Å². The van der Waals surface area contributed by atoms with Gasteiger partial charge in [0.2, 0.25) is 0 Å². The Morgan fingerprint density at radius 2 is 1.52 bits per heavy atom. The van der Waals surface area contributed by atoms with Gasteiger partial charge in [-0.1, -0.05) is 52.4 Å². The Morgan fingerprint density at radius 1 is 0.952 bits per heavy atom. The summed E-state index contributed by atoms with van der Waals surface area (Å²) >= 11 is 0. The van der Waals surface area contributed by atoms with Gasteiger partial charge < -0.3 is 13.9 Å². The highest BCUT2D eigenvalue weighted by atomic mass is 28.4. The molecule has 0 bridgehead atoms. The van der Waals surface area contributed by atoms with Gasteiger partial charge in [-0.15, -0.1) is 0 Å². The summed E-state index contributed by atoms with van der Waals surface area (Å²) in [6.45, 7) is 7.11. The van der Waals surface area contributed by atoms with Crippen molar-refractivity contribution in [1.82, 2.24) is 0 Å². The van der Waals surface area contributed by atoms with Crippen LogP contribution in [0.15, 0.2) is 0 Å². The minimum Gasteiger partial charge on any atom is -0.420 e.